The summed E-state index contributed by atoms with van der Waals surface area (Å²) in [6.07, 6.45) is 1.47. The number of hydrogen-bond donors (Lipinski definition) is 2. The molecule has 0 fully saturated rings. The highest BCUT2D eigenvalue weighted by Gasteiger charge is 2.13. The molecule has 3 rings (SSSR count). The number of methoxy groups -OCH3 is 1. The molecular formula is C20H21N5O3. The van der Waals surface area contributed by atoms with Crippen LogP contribution >= 0.6 is 0 Å². The second-order valence-electron chi connectivity index (χ2n) is 5.89. The molecule has 0 spiro atoms. The van der Waals surface area contributed by atoms with E-state index >= 15 is 0 Å². The van der Waals surface area contributed by atoms with Gasteiger partial charge in [-0.05, 0) is 43.7 Å². The zero-order valence-electron chi connectivity index (χ0n) is 15.9. The summed E-state index contributed by atoms with van der Waals surface area (Å²) in [4.78, 5) is 16.5. The average molecular weight is 379 g/mol. The van der Waals surface area contributed by atoms with Gasteiger partial charge in [-0.1, -0.05) is 18.2 Å². The monoisotopic (exact) mass is 379 g/mol. The predicted molar refractivity (Wildman–Crippen MR) is 107 cm³/mol. The summed E-state index contributed by atoms with van der Waals surface area (Å²) < 4.78 is 10.5. The zero-order valence-corrected chi connectivity index (χ0v) is 15.9. The molecule has 0 atom stereocenters. The van der Waals surface area contributed by atoms with Gasteiger partial charge >= 0.3 is 5.97 Å². The Hall–Kier alpha value is -3.68. The largest absolute Gasteiger partial charge is 0.495 e. The fraction of sp³-hybridized carbons (Fsp3) is 0.200. The van der Waals surface area contributed by atoms with Crippen molar-refractivity contribution in [2.75, 3.05) is 24.4 Å². The van der Waals surface area contributed by atoms with Crippen molar-refractivity contribution in [1.29, 1.82) is 0 Å². The Morgan fingerprint density at radius 3 is 2.71 bits per heavy atom. The van der Waals surface area contributed by atoms with E-state index in [0.717, 1.165) is 11.3 Å². The maximum Gasteiger partial charge on any atom is 0.340 e. The van der Waals surface area contributed by atoms with Crippen LogP contribution in [0.25, 0.3) is 0 Å². The Bertz CT molecular complexity index is 978. The Morgan fingerprint density at radius 2 is 1.93 bits per heavy atom. The maximum absolute atomic E-state index is 12.1. The van der Waals surface area contributed by atoms with E-state index in [1.54, 1.807) is 32.2 Å². The minimum absolute atomic E-state index is 0.294. The first kappa shape index (κ1) is 19.1. The highest BCUT2D eigenvalue weighted by atomic mass is 16.5. The quantitative estimate of drug-likeness (QED) is 0.597. The number of carbonyl (C=O) groups excluding carboxylic acids is 1. The SMILES string of the molecule is CCOC(=O)c1ccccc1Nc1cnnc(Nc2cc(C)ccc2OC)n1. The van der Waals surface area contributed by atoms with E-state index in [4.69, 9.17) is 9.47 Å². The van der Waals surface area contributed by atoms with Crippen molar-refractivity contribution < 1.29 is 14.3 Å². The third kappa shape index (κ3) is 4.53. The van der Waals surface area contributed by atoms with Crippen molar-refractivity contribution in [3.8, 4) is 5.75 Å². The Morgan fingerprint density at radius 1 is 1.11 bits per heavy atom. The standard InChI is InChI=1S/C20H21N5O3/c1-4-28-19(26)14-7-5-6-8-15(14)22-18-12-21-25-20(24-18)23-16-11-13(2)9-10-17(16)27-3/h5-12H,4H2,1-3H3,(H2,22,23,24,25). The molecule has 0 aliphatic carbocycles. The number of nitrogens with one attached hydrogen (secondary N) is 2. The first-order chi connectivity index (χ1) is 13.6. The molecule has 3 aromatic rings. The predicted octanol–water partition coefficient (Wildman–Crippen LogP) is 3.85. The van der Waals surface area contributed by atoms with Crippen molar-refractivity contribution in [1.82, 2.24) is 15.2 Å². The summed E-state index contributed by atoms with van der Waals surface area (Å²) >= 11 is 0. The third-order valence-corrected chi connectivity index (χ3v) is 3.85. The molecule has 0 amide bonds. The van der Waals surface area contributed by atoms with Crippen molar-refractivity contribution in [3.05, 3.63) is 59.8 Å². The van der Waals surface area contributed by atoms with Gasteiger partial charge in [-0.2, -0.15) is 10.1 Å². The van der Waals surface area contributed by atoms with Crippen LogP contribution in [0.4, 0.5) is 23.1 Å². The summed E-state index contributed by atoms with van der Waals surface area (Å²) in [5, 5.41) is 14.2. The summed E-state index contributed by atoms with van der Waals surface area (Å²) in [6.45, 7) is 4.04. The molecule has 0 saturated carbocycles. The molecule has 0 saturated heterocycles. The number of para-hydroxylation sites is 1. The summed E-state index contributed by atoms with van der Waals surface area (Å²) in [7, 11) is 1.60. The van der Waals surface area contributed by atoms with Gasteiger partial charge in [-0.3, -0.25) is 0 Å². The van der Waals surface area contributed by atoms with E-state index in [0.29, 0.717) is 35.4 Å². The number of aryl methyl sites for hydroxylation is 1. The number of ether oxygens (including phenoxy) is 2. The molecule has 2 aromatic carbocycles. The minimum atomic E-state index is -0.407. The van der Waals surface area contributed by atoms with Crippen molar-refractivity contribution >= 4 is 29.1 Å². The van der Waals surface area contributed by atoms with Gasteiger partial charge in [0.15, 0.2) is 5.82 Å². The number of hydrogen-bond acceptors (Lipinski definition) is 8. The zero-order chi connectivity index (χ0) is 19.9. The molecule has 0 bridgehead atoms. The van der Waals surface area contributed by atoms with Crippen molar-refractivity contribution in [2.45, 2.75) is 13.8 Å². The molecule has 1 heterocycles. The van der Waals surface area contributed by atoms with Crippen LogP contribution < -0.4 is 15.4 Å². The average Bonchev–Trinajstić information content (AvgIpc) is 2.69. The first-order valence-corrected chi connectivity index (χ1v) is 8.75. The van der Waals surface area contributed by atoms with Crippen LogP contribution in [0.1, 0.15) is 22.8 Å². The number of rotatable bonds is 7. The summed E-state index contributed by atoms with van der Waals surface area (Å²) in [5.41, 5.74) is 2.78. The van der Waals surface area contributed by atoms with Gasteiger partial charge in [0.25, 0.3) is 0 Å². The Labute approximate surface area is 162 Å². The molecule has 0 unspecified atom stereocenters. The van der Waals surface area contributed by atoms with Gasteiger partial charge < -0.3 is 20.1 Å². The summed E-state index contributed by atoms with van der Waals surface area (Å²) in [5.74, 6) is 0.985. The van der Waals surface area contributed by atoms with Gasteiger partial charge in [0.2, 0.25) is 5.95 Å². The lowest BCUT2D eigenvalue weighted by molar-refractivity contribution is 0.0527. The van der Waals surface area contributed by atoms with Crippen LogP contribution in [0, 0.1) is 6.92 Å². The van der Waals surface area contributed by atoms with E-state index in [1.165, 1.54) is 6.20 Å². The Kier molecular flexibility index (Phi) is 6.01. The van der Waals surface area contributed by atoms with E-state index in [9.17, 15) is 4.79 Å². The van der Waals surface area contributed by atoms with Crippen LogP contribution in [0.3, 0.4) is 0 Å². The third-order valence-electron chi connectivity index (χ3n) is 3.85. The second kappa shape index (κ2) is 8.81. The lowest BCUT2D eigenvalue weighted by Gasteiger charge is -2.12. The van der Waals surface area contributed by atoms with Crippen LogP contribution in [0.5, 0.6) is 5.75 Å². The van der Waals surface area contributed by atoms with Crippen LogP contribution in [-0.2, 0) is 4.74 Å². The van der Waals surface area contributed by atoms with E-state index < -0.39 is 5.97 Å². The molecule has 28 heavy (non-hydrogen) atoms. The number of nitrogens with zero attached hydrogens (tertiary/aromatic N) is 3. The highest BCUT2D eigenvalue weighted by molar-refractivity contribution is 5.96. The number of benzene rings is 2. The maximum atomic E-state index is 12.1. The molecule has 8 heteroatoms. The lowest BCUT2D eigenvalue weighted by Crippen LogP contribution is -2.09. The number of esters is 1. The summed E-state index contributed by atoms with van der Waals surface area (Å²) in [6, 6.07) is 12.8. The molecule has 0 aliphatic rings. The van der Waals surface area contributed by atoms with Crippen LogP contribution in [0.15, 0.2) is 48.7 Å². The number of aromatic nitrogens is 3. The second-order valence-corrected chi connectivity index (χ2v) is 5.89. The molecular weight excluding hydrogens is 358 g/mol. The molecule has 8 nitrogen and oxygen atoms in total. The van der Waals surface area contributed by atoms with Crippen LogP contribution in [-0.4, -0.2) is 34.9 Å². The fourth-order valence-corrected chi connectivity index (χ4v) is 2.57. The Balaban J connectivity index is 1.84. The fourth-order valence-electron chi connectivity index (χ4n) is 2.57. The van der Waals surface area contributed by atoms with E-state index in [2.05, 4.69) is 25.8 Å². The van der Waals surface area contributed by atoms with Gasteiger partial charge in [-0.25, -0.2) is 4.79 Å². The van der Waals surface area contributed by atoms with Crippen LogP contribution in [0.2, 0.25) is 0 Å². The molecule has 2 N–H and O–H groups in total. The van der Waals surface area contributed by atoms with Gasteiger partial charge in [0, 0.05) is 0 Å². The topological polar surface area (TPSA) is 98.3 Å². The first-order valence-electron chi connectivity index (χ1n) is 8.75. The van der Waals surface area contributed by atoms with Gasteiger partial charge in [-0.15, -0.1) is 5.10 Å². The normalized spacial score (nSPS) is 10.2. The molecule has 1 aromatic heterocycles. The van der Waals surface area contributed by atoms with Gasteiger partial charge in [0.05, 0.1) is 36.9 Å². The minimum Gasteiger partial charge on any atom is -0.495 e. The smallest absolute Gasteiger partial charge is 0.340 e. The van der Waals surface area contributed by atoms with Crippen molar-refractivity contribution in [2.24, 2.45) is 0 Å². The van der Waals surface area contributed by atoms with E-state index in [-0.39, 0.29) is 0 Å². The molecule has 0 aliphatic heterocycles. The highest BCUT2D eigenvalue weighted by Crippen LogP contribution is 2.28. The lowest BCUT2D eigenvalue weighted by atomic mass is 10.2. The number of anilines is 4. The molecule has 0 radical (unpaired) electrons. The van der Waals surface area contributed by atoms with Crippen molar-refractivity contribution in [3.63, 3.8) is 0 Å². The van der Waals surface area contributed by atoms with E-state index in [1.807, 2.05) is 31.2 Å². The number of carbonyl (C=O) groups is 1. The van der Waals surface area contributed by atoms with Gasteiger partial charge in [0.1, 0.15) is 5.75 Å². The molecule has 144 valence electrons.